The number of ether oxygens (including phenoxy) is 2. The summed E-state index contributed by atoms with van der Waals surface area (Å²) in [6, 6.07) is 21.1. The Hall–Kier alpha value is -5.23. The van der Waals surface area contributed by atoms with E-state index in [4.69, 9.17) is 9.47 Å². The fourth-order valence-electron chi connectivity index (χ4n) is 4.25. The molecule has 0 radical (unpaired) electrons. The Bertz CT molecular complexity index is 1730. The second-order valence-corrected chi connectivity index (χ2v) is 9.55. The van der Waals surface area contributed by atoms with E-state index in [1.54, 1.807) is 18.2 Å². The van der Waals surface area contributed by atoms with Gasteiger partial charge in [0.25, 0.3) is 16.8 Å². The molecule has 5 rings (SSSR count). The summed E-state index contributed by atoms with van der Waals surface area (Å²) in [7, 11) is 1.37. The first-order chi connectivity index (χ1) is 19.3. The summed E-state index contributed by atoms with van der Waals surface area (Å²) in [5.74, 6) is -0.545. The molecule has 0 aliphatic carbocycles. The molecule has 1 fully saturated rings. The van der Waals surface area contributed by atoms with Crippen LogP contribution in [0.1, 0.15) is 11.1 Å². The summed E-state index contributed by atoms with van der Waals surface area (Å²) in [5.41, 5.74) is 0.0285. The summed E-state index contributed by atoms with van der Waals surface area (Å²) in [6.07, 6.45) is 1.45. The van der Waals surface area contributed by atoms with E-state index in [1.165, 1.54) is 13.2 Å². The summed E-state index contributed by atoms with van der Waals surface area (Å²) in [5, 5.41) is 24.2. The van der Waals surface area contributed by atoms with Crippen LogP contribution in [0.25, 0.3) is 16.8 Å². The van der Waals surface area contributed by atoms with Gasteiger partial charge in [0.15, 0.2) is 11.5 Å². The molecular weight excluding hydrogens is 538 g/mol. The van der Waals surface area contributed by atoms with Crippen molar-refractivity contribution >= 4 is 51.1 Å². The summed E-state index contributed by atoms with van der Waals surface area (Å²) in [4.78, 5) is 48.7. The molecule has 1 heterocycles. The molecule has 4 aromatic carbocycles. The monoisotopic (exact) mass is 557 g/mol. The molecule has 0 spiro atoms. The summed E-state index contributed by atoms with van der Waals surface area (Å²) >= 11 is 0.762. The number of hydrogen-bond acceptors (Lipinski definition) is 9. The van der Waals surface area contributed by atoms with Gasteiger partial charge < -0.3 is 9.47 Å². The van der Waals surface area contributed by atoms with Crippen LogP contribution in [-0.2, 0) is 11.3 Å². The number of fused-ring (bicyclic) bond motifs is 1. The average Bonchev–Trinajstić information content (AvgIpc) is 3.21. The van der Waals surface area contributed by atoms with Crippen molar-refractivity contribution in [3.05, 3.63) is 115 Å². The molecule has 0 N–H and O–H groups in total. The molecule has 200 valence electrons. The van der Waals surface area contributed by atoms with Crippen LogP contribution in [0.5, 0.6) is 17.2 Å². The third-order valence-corrected chi connectivity index (χ3v) is 7.07. The minimum Gasteiger partial charge on any atom is -0.493 e. The standard InChI is InChI=1S/C28H19N3O8S/c1-38-24-11-5-8-18(26(24)39-23-13-12-20(30(34)35)15-22(23)31(36)37)14-25-27(32)29(28(33)40-25)16-19-9-4-7-17-6-2-3-10-21(17)19/h2-15H,16H2,1H3/b25-14-. The fraction of sp³-hybridized carbons (Fsp3) is 0.0714. The maximum atomic E-state index is 13.3. The Labute approximate surface area is 230 Å². The number of benzene rings is 4. The van der Waals surface area contributed by atoms with E-state index >= 15 is 0 Å². The van der Waals surface area contributed by atoms with Crippen molar-refractivity contribution in [2.24, 2.45) is 0 Å². The minimum atomic E-state index is -0.796. The number of carbonyl (C=O) groups is 2. The molecule has 1 aliphatic heterocycles. The maximum absolute atomic E-state index is 13.3. The molecule has 40 heavy (non-hydrogen) atoms. The van der Waals surface area contributed by atoms with E-state index in [1.807, 2.05) is 42.5 Å². The highest BCUT2D eigenvalue weighted by Gasteiger charge is 2.35. The smallest absolute Gasteiger partial charge is 0.318 e. The number of amides is 2. The van der Waals surface area contributed by atoms with Gasteiger partial charge in [-0.15, -0.1) is 0 Å². The van der Waals surface area contributed by atoms with Crippen LogP contribution in [-0.4, -0.2) is 33.0 Å². The van der Waals surface area contributed by atoms with E-state index in [-0.39, 0.29) is 28.7 Å². The van der Waals surface area contributed by atoms with Crippen LogP contribution in [0.15, 0.2) is 83.8 Å². The van der Waals surface area contributed by atoms with E-state index in [0.717, 1.165) is 51.2 Å². The zero-order valence-corrected chi connectivity index (χ0v) is 21.6. The Kier molecular flexibility index (Phi) is 7.17. The molecule has 0 saturated carbocycles. The zero-order chi connectivity index (χ0) is 28.4. The predicted molar refractivity (Wildman–Crippen MR) is 148 cm³/mol. The Balaban J connectivity index is 1.49. The van der Waals surface area contributed by atoms with Crippen LogP contribution in [0.4, 0.5) is 16.2 Å². The molecule has 0 bridgehead atoms. The number of rotatable bonds is 8. The second kappa shape index (κ2) is 10.9. The number of nitro groups is 2. The number of methoxy groups -OCH3 is 1. The Morgan fingerprint density at radius 3 is 2.40 bits per heavy atom. The van der Waals surface area contributed by atoms with E-state index < -0.39 is 32.4 Å². The number of imide groups is 1. The normalized spacial score (nSPS) is 14.1. The third kappa shape index (κ3) is 5.07. The van der Waals surface area contributed by atoms with Crippen LogP contribution in [0, 0.1) is 20.2 Å². The van der Waals surface area contributed by atoms with Gasteiger partial charge in [-0.25, -0.2) is 0 Å². The first-order valence-corrected chi connectivity index (χ1v) is 12.6. The molecule has 4 aromatic rings. The molecule has 12 heteroatoms. The van der Waals surface area contributed by atoms with Crippen molar-refractivity contribution < 1.29 is 28.9 Å². The predicted octanol–water partition coefficient (Wildman–Crippen LogP) is 6.69. The molecule has 1 saturated heterocycles. The molecular formula is C28H19N3O8S. The van der Waals surface area contributed by atoms with Gasteiger partial charge >= 0.3 is 5.69 Å². The quantitative estimate of drug-likeness (QED) is 0.131. The zero-order valence-electron chi connectivity index (χ0n) is 20.8. The molecule has 2 amide bonds. The van der Waals surface area contributed by atoms with Gasteiger partial charge in [-0.2, -0.15) is 0 Å². The maximum Gasteiger partial charge on any atom is 0.318 e. The van der Waals surface area contributed by atoms with Crippen LogP contribution in [0.3, 0.4) is 0 Å². The van der Waals surface area contributed by atoms with E-state index in [2.05, 4.69) is 0 Å². The topological polar surface area (TPSA) is 142 Å². The van der Waals surface area contributed by atoms with Crippen molar-refractivity contribution in [1.82, 2.24) is 4.90 Å². The summed E-state index contributed by atoms with van der Waals surface area (Å²) < 4.78 is 11.2. The lowest BCUT2D eigenvalue weighted by Crippen LogP contribution is -2.27. The SMILES string of the molecule is COc1cccc(/C=C2\SC(=O)N(Cc3cccc4ccccc34)C2=O)c1Oc1ccc([N+](=O)[O-])cc1[N+](=O)[O-]. The summed E-state index contributed by atoms with van der Waals surface area (Å²) in [6.45, 7) is 0.0832. The van der Waals surface area contributed by atoms with Gasteiger partial charge in [0.2, 0.25) is 5.75 Å². The first-order valence-electron chi connectivity index (χ1n) is 11.8. The van der Waals surface area contributed by atoms with E-state index in [0.29, 0.717) is 5.56 Å². The van der Waals surface area contributed by atoms with Gasteiger partial charge in [0.1, 0.15) is 0 Å². The first kappa shape index (κ1) is 26.4. The van der Waals surface area contributed by atoms with Gasteiger partial charge in [-0.3, -0.25) is 34.7 Å². The number of para-hydroxylation sites is 1. The lowest BCUT2D eigenvalue weighted by molar-refractivity contribution is -0.394. The van der Waals surface area contributed by atoms with Gasteiger partial charge in [0, 0.05) is 11.6 Å². The number of non-ortho nitro benzene ring substituents is 1. The van der Waals surface area contributed by atoms with Crippen molar-refractivity contribution in [3.63, 3.8) is 0 Å². The molecule has 1 aliphatic rings. The molecule has 0 atom stereocenters. The number of thioether (sulfide) groups is 1. The van der Waals surface area contributed by atoms with Gasteiger partial charge in [0.05, 0.1) is 34.5 Å². The number of hydrogen-bond donors (Lipinski definition) is 0. The van der Waals surface area contributed by atoms with Crippen LogP contribution >= 0.6 is 11.8 Å². The largest absolute Gasteiger partial charge is 0.493 e. The highest BCUT2D eigenvalue weighted by molar-refractivity contribution is 8.18. The van der Waals surface area contributed by atoms with Crippen LogP contribution < -0.4 is 9.47 Å². The lowest BCUT2D eigenvalue weighted by Gasteiger charge is -2.15. The van der Waals surface area contributed by atoms with Crippen LogP contribution in [0.2, 0.25) is 0 Å². The number of nitrogens with zero attached hydrogens (tertiary/aromatic N) is 3. The lowest BCUT2D eigenvalue weighted by atomic mass is 10.0. The van der Waals surface area contributed by atoms with E-state index in [9.17, 15) is 29.8 Å². The highest BCUT2D eigenvalue weighted by Crippen LogP contribution is 2.42. The molecule has 0 aromatic heterocycles. The molecule has 0 unspecified atom stereocenters. The third-order valence-electron chi connectivity index (χ3n) is 6.16. The van der Waals surface area contributed by atoms with Gasteiger partial charge in [-0.05, 0) is 46.3 Å². The van der Waals surface area contributed by atoms with Gasteiger partial charge in [-0.1, -0.05) is 54.6 Å². The number of nitro benzene ring substituents is 2. The second-order valence-electron chi connectivity index (χ2n) is 8.55. The van der Waals surface area contributed by atoms with Crippen molar-refractivity contribution in [1.29, 1.82) is 0 Å². The van der Waals surface area contributed by atoms with Crippen molar-refractivity contribution in [3.8, 4) is 17.2 Å². The minimum absolute atomic E-state index is 0.0304. The fourth-order valence-corrected chi connectivity index (χ4v) is 5.08. The van der Waals surface area contributed by atoms with Crippen molar-refractivity contribution in [2.75, 3.05) is 7.11 Å². The Morgan fingerprint density at radius 2 is 1.65 bits per heavy atom. The Morgan fingerprint density at radius 1 is 0.900 bits per heavy atom. The highest BCUT2D eigenvalue weighted by atomic mass is 32.2. The number of carbonyl (C=O) groups excluding carboxylic acids is 2. The van der Waals surface area contributed by atoms with Crippen molar-refractivity contribution in [2.45, 2.75) is 6.54 Å². The average molecular weight is 558 g/mol. The molecule has 11 nitrogen and oxygen atoms in total.